The quantitative estimate of drug-likeness (QED) is 0.747. The highest BCUT2D eigenvalue weighted by Gasteiger charge is 2.25. The van der Waals surface area contributed by atoms with Crippen molar-refractivity contribution in [3.05, 3.63) is 12.4 Å². The van der Waals surface area contributed by atoms with Crippen LogP contribution in [0.1, 0.15) is 34.6 Å². The van der Waals surface area contributed by atoms with Crippen molar-refractivity contribution in [3.63, 3.8) is 0 Å². The highest BCUT2D eigenvalue weighted by atomic mass is 16.3. The van der Waals surface area contributed by atoms with Crippen LogP contribution in [0.15, 0.2) is 12.4 Å². The molecule has 1 unspecified atom stereocenters. The van der Waals surface area contributed by atoms with E-state index in [4.69, 9.17) is 0 Å². The average Bonchev–Trinajstić information content (AvgIpc) is 2.73. The van der Waals surface area contributed by atoms with Crippen molar-refractivity contribution in [1.82, 2.24) is 15.1 Å². The maximum Gasteiger partial charge on any atom is 0.319 e. The zero-order chi connectivity index (χ0) is 15.3. The Morgan fingerprint density at radius 1 is 1.45 bits per heavy atom. The predicted molar refractivity (Wildman–Crippen MR) is 79.5 cm³/mol. The van der Waals surface area contributed by atoms with Crippen LogP contribution in [0.2, 0.25) is 0 Å². The molecule has 1 aromatic rings. The Labute approximate surface area is 120 Å². The minimum absolute atomic E-state index is 0.0663. The molecule has 1 heterocycles. The van der Waals surface area contributed by atoms with Crippen molar-refractivity contribution in [2.75, 3.05) is 11.9 Å². The number of anilines is 1. The number of nitrogens with zero attached hydrogens (tertiary/aromatic N) is 2. The van der Waals surface area contributed by atoms with E-state index in [-0.39, 0.29) is 18.5 Å². The molecule has 0 radical (unpaired) electrons. The molecular formula is C14H26N4O2. The maximum absolute atomic E-state index is 11.7. The van der Waals surface area contributed by atoms with Crippen LogP contribution in [-0.2, 0) is 6.54 Å². The van der Waals surface area contributed by atoms with Crippen LogP contribution in [0, 0.1) is 11.8 Å². The van der Waals surface area contributed by atoms with Gasteiger partial charge < -0.3 is 15.7 Å². The van der Waals surface area contributed by atoms with Crippen molar-refractivity contribution < 1.29 is 9.90 Å². The number of carbonyl (C=O) groups excluding carboxylic acids is 1. The maximum atomic E-state index is 11.7. The number of hydrogen-bond donors (Lipinski definition) is 3. The molecule has 0 aliphatic carbocycles. The van der Waals surface area contributed by atoms with Crippen LogP contribution in [-0.4, -0.2) is 33.1 Å². The van der Waals surface area contributed by atoms with Gasteiger partial charge in [-0.3, -0.25) is 4.68 Å². The fourth-order valence-corrected chi connectivity index (χ4v) is 1.54. The van der Waals surface area contributed by atoms with Crippen molar-refractivity contribution in [1.29, 1.82) is 0 Å². The molecule has 0 bridgehead atoms. The van der Waals surface area contributed by atoms with Crippen LogP contribution in [0.4, 0.5) is 10.5 Å². The summed E-state index contributed by atoms with van der Waals surface area (Å²) in [6.45, 7) is 10.8. The molecule has 1 rings (SSSR count). The second-order valence-electron chi connectivity index (χ2n) is 6.16. The summed E-state index contributed by atoms with van der Waals surface area (Å²) >= 11 is 0. The number of carbonyl (C=O) groups is 1. The third kappa shape index (κ3) is 5.21. The first-order valence-corrected chi connectivity index (χ1v) is 7.00. The summed E-state index contributed by atoms with van der Waals surface area (Å²) in [5, 5.41) is 19.6. The number of aromatic nitrogens is 2. The summed E-state index contributed by atoms with van der Waals surface area (Å²) in [7, 11) is 0. The molecule has 2 amide bonds. The number of amides is 2. The Morgan fingerprint density at radius 2 is 2.10 bits per heavy atom. The van der Waals surface area contributed by atoms with Crippen molar-refractivity contribution in [2.45, 2.75) is 46.8 Å². The molecule has 0 saturated carbocycles. The highest BCUT2D eigenvalue weighted by molar-refractivity contribution is 5.88. The summed E-state index contributed by atoms with van der Waals surface area (Å²) in [5.41, 5.74) is -0.272. The first-order valence-electron chi connectivity index (χ1n) is 7.00. The number of rotatable bonds is 6. The summed E-state index contributed by atoms with van der Waals surface area (Å²) in [6.07, 6.45) is 3.41. The Morgan fingerprint density at radius 3 is 2.65 bits per heavy atom. The molecule has 1 atom stereocenters. The van der Waals surface area contributed by atoms with Gasteiger partial charge >= 0.3 is 6.03 Å². The molecule has 6 nitrogen and oxygen atoms in total. The molecule has 0 fully saturated rings. The normalized spacial score (nSPS) is 14.4. The van der Waals surface area contributed by atoms with Gasteiger partial charge in [-0.1, -0.05) is 27.7 Å². The zero-order valence-electron chi connectivity index (χ0n) is 13.0. The Bertz CT molecular complexity index is 438. The first kappa shape index (κ1) is 16.5. The van der Waals surface area contributed by atoms with Crippen LogP contribution in [0.25, 0.3) is 0 Å². The second-order valence-corrected chi connectivity index (χ2v) is 6.16. The zero-order valence-corrected chi connectivity index (χ0v) is 13.0. The molecule has 0 saturated heterocycles. The molecule has 1 aromatic heterocycles. The molecule has 114 valence electrons. The third-order valence-corrected chi connectivity index (χ3v) is 3.29. The predicted octanol–water partition coefficient (Wildman–Crippen LogP) is 2.07. The van der Waals surface area contributed by atoms with E-state index in [1.165, 1.54) is 0 Å². The van der Waals surface area contributed by atoms with Gasteiger partial charge in [-0.05, 0) is 18.8 Å². The molecular weight excluding hydrogens is 256 g/mol. The lowest BCUT2D eigenvalue weighted by molar-refractivity contribution is 0.0170. The molecule has 3 N–H and O–H groups in total. The minimum atomic E-state index is -0.917. The van der Waals surface area contributed by atoms with E-state index in [2.05, 4.69) is 29.6 Å². The highest BCUT2D eigenvalue weighted by Crippen LogP contribution is 2.14. The standard InChI is InChI=1S/C14H26N4O2/c1-10(2)7-18-8-12(6-16-18)17-13(19)15-9-14(5,20)11(3)4/h6,8,10-11,20H,7,9H2,1-5H3,(H2,15,17,19). The van der Waals surface area contributed by atoms with E-state index >= 15 is 0 Å². The van der Waals surface area contributed by atoms with Gasteiger partial charge in [-0.15, -0.1) is 0 Å². The third-order valence-electron chi connectivity index (χ3n) is 3.29. The molecule has 0 aliphatic rings. The molecule has 20 heavy (non-hydrogen) atoms. The van der Waals surface area contributed by atoms with E-state index in [0.717, 1.165) is 6.54 Å². The molecule has 0 aliphatic heterocycles. The Hall–Kier alpha value is -1.56. The number of urea groups is 1. The van der Waals surface area contributed by atoms with Crippen LogP contribution in [0.3, 0.4) is 0 Å². The number of hydrogen-bond acceptors (Lipinski definition) is 3. The van der Waals surface area contributed by atoms with E-state index < -0.39 is 5.60 Å². The van der Waals surface area contributed by atoms with Gasteiger partial charge in [0.05, 0.1) is 17.5 Å². The fraction of sp³-hybridized carbons (Fsp3) is 0.714. The second kappa shape index (κ2) is 6.74. The van der Waals surface area contributed by atoms with E-state index in [1.807, 2.05) is 13.8 Å². The Kier molecular flexibility index (Phi) is 5.56. The molecule has 0 aromatic carbocycles. The number of nitrogens with one attached hydrogen (secondary N) is 2. The lowest BCUT2D eigenvalue weighted by Crippen LogP contribution is -2.45. The van der Waals surface area contributed by atoms with E-state index in [1.54, 1.807) is 24.0 Å². The van der Waals surface area contributed by atoms with Crippen molar-refractivity contribution in [3.8, 4) is 0 Å². The summed E-state index contributed by atoms with van der Waals surface area (Å²) in [5.74, 6) is 0.564. The van der Waals surface area contributed by atoms with Gasteiger partial charge in [-0.2, -0.15) is 5.10 Å². The van der Waals surface area contributed by atoms with Crippen LogP contribution < -0.4 is 10.6 Å². The molecule has 6 heteroatoms. The SMILES string of the molecule is CC(C)Cn1cc(NC(=O)NCC(C)(O)C(C)C)cn1. The van der Waals surface area contributed by atoms with Crippen molar-refractivity contribution in [2.24, 2.45) is 11.8 Å². The van der Waals surface area contributed by atoms with Gasteiger partial charge in [0.15, 0.2) is 0 Å². The molecule has 0 spiro atoms. The topological polar surface area (TPSA) is 79.2 Å². The average molecular weight is 282 g/mol. The minimum Gasteiger partial charge on any atom is -0.388 e. The first-order chi connectivity index (χ1) is 9.20. The van der Waals surface area contributed by atoms with Crippen molar-refractivity contribution >= 4 is 11.7 Å². The van der Waals surface area contributed by atoms with E-state index in [0.29, 0.717) is 11.6 Å². The van der Waals surface area contributed by atoms with Crippen LogP contribution in [0.5, 0.6) is 0 Å². The van der Waals surface area contributed by atoms with Gasteiger partial charge in [0.2, 0.25) is 0 Å². The van der Waals surface area contributed by atoms with Crippen LogP contribution >= 0.6 is 0 Å². The monoisotopic (exact) mass is 282 g/mol. The van der Waals surface area contributed by atoms with Gasteiger partial charge in [0, 0.05) is 19.3 Å². The Balaban J connectivity index is 2.45. The van der Waals surface area contributed by atoms with Gasteiger partial charge in [0.25, 0.3) is 0 Å². The largest absolute Gasteiger partial charge is 0.388 e. The lowest BCUT2D eigenvalue weighted by atomic mass is 9.93. The van der Waals surface area contributed by atoms with Gasteiger partial charge in [0.1, 0.15) is 0 Å². The number of aliphatic hydroxyl groups is 1. The summed E-state index contributed by atoms with van der Waals surface area (Å²) in [4.78, 5) is 11.7. The summed E-state index contributed by atoms with van der Waals surface area (Å²) in [6, 6.07) is -0.338. The smallest absolute Gasteiger partial charge is 0.319 e. The lowest BCUT2D eigenvalue weighted by Gasteiger charge is -2.27. The van der Waals surface area contributed by atoms with Gasteiger partial charge in [-0.25, -0.2) is 4.79 Å². The summed E-state index contributed by atoms with van der Waals surface area (Å²) < 4.78 is 1.80. The fourth-order valence-electron chi connectivity index (χ4n) is 1.54. The van der Waals surface area contributed by atoms with E-state index in [9.17, 15) is 9.90 Å².